The van der Waals surface area contributed by atoms with Crippen molar-refractivity contribution >= 4 is 16.0 Å². The number of benzene rings is 1. The summed E-state index contributed by atoms with van der Waals surface area (Å²) in [5.41, 5.74) is 0.961. The molecule has 0 aromatic heterocycles. The van der Waals surface area contributed by atoms with Gasteiger partial charge in [0, 0.05) is 7.11 Å². The third kappa shape index (κ3) is 6.32. The van der Waals surface area contributed by atoms with E-state index in [1.54, 1.807) is 0 Å². The molecule has 1 aromatic carbocycles. The number of carboxylic acid groups (broad SMARTS) is 1. The van der Waals surface area contributed by atoms with Crippen LogP contribution in [0.3, 0.4) is 0 Å². The lowest BCUT2D eigenvalue weighted by Crippen LogP contribution is -2.36. The van der Waals surface area contributed by atoms with E-state index in [-0.39, 0.29) is 5.75 Å². The molecule has 1 rings (SSSR count). The SMILES string of the molecule is COC(Cc1ccccc1)CS(=O)(=O)NCC(=O)O. The molecular formula is C12H17NO5S. The van der Waals surface area contributed by atoms with Crippen molar-refractivity contribution in [2.24, 2.45) is 0 Å². The molecular weight excluding hydrogens is 270 g/mol. The normalized spacial score (nSPS) is 13.1. The van der Waals surface area contributed by atoms with Crippen molar-refractivity contribution in [1.82, 2.24) is 4.72 Å². The summed E-state index contributed by atoms with van der Waals surface area (Å²) in [6.45, 7) is -0.621. The number of methoxy groups -OCH3 is 1. The van der Waals surface area contributed by atoms with Crippen LogP contribution in [0.5, 0.6) is 0 Å². The summed E-state index contributed by atoms with van der Waals surface area (Å²) >= 11 is 0. The zero-order valence-corrected chi connectivity index (χ0v) is 11.4. The van der Waals surface area contributed by atoms with Gasteiger partial charge in [-0.25, -0.2) is 13.1 Å². The van der Waals surface area contributed by atoms with E-state index in [1.165, 1.54) is 7.11 Å². The lowest BCUT2D eigenvalue weighted by molar-refractivity contribution is -0.135. The van der Waals surface area contributed by atoms with Gasteiger partial charge in [-0.2, -0.15) is 0 Å². The van der Waals surface area contributed by atoms with Crippen molar-refractivity contribution in [2.45, 2.75) is 12.5 Å². The predicted octanol–water partition coefficient (Wildman–Crippen LogP) is 0.248. The Hall–Kier alpha value is -1.44. The first-order valence-electron chi connectivity index (χ1n) is 5.69. The predicted molar refractivity (Wildman–Crippen MR) is 70.4 cm³/mol. The first-order valence-corrected chi connectivity index (χ1v) is 7.34. The van der Waals surface area contributed by atoms with Gasteiger partial charge in [0.1, 0.15) is 6.54 Å². The second kappa shape index (κ2) is 7.22. The van der Waals surface area contributed by atoms with E-state index in [0.717, 1.165) is 5.56 Å². The van der Waals surface area contributed by atoms with Crippen LogP contribution in [0.15, 0.2) is 30.3 Å². The quantitative estimate of drug-likeness (QED) is 0.715. The van der Waals surface area contributed by atoms with Crippen molar-refractivity contribution in [3.05, 3.63) is 35.9 Å². The zero-order chi connectivity index (χ0) is 14.3. The highest BCUT2D eigenvalue weighted by Crippen LogP contribution is 2.07. The Morgan fingerprint density at radius 2 is 2.00 bits per heavy atom. The van der Waals surface area contributed by atoms with Crippen LogP contribution < -0.4 is 4.72 Å². The van der Waals surface area contributed by atoms with Crippen LogP contribution in [0.2, 0.25) is 0 Å². The molecule has 0 saturated heterocycles. The van der Waals surface area contributed by atoms with Crippen LogP contribution in [0.1, 0.15) is 5.56 Å². The highest BCUT2D eigenvalue weighted by molar-refractivity contribution is 7.89. The summed E-state index contributed by atoms with van der Waals surface area (Å²) in [6, 6.07) is 9.35. The van der Waals surface area contributed by atoms with Crippen LogP contribution in [0, 0.1) is 0 Å². The second-order valence-electron chi connectivity index (χ2n) is 4.04. The molecule has 0 radical (unpaired) electrons. The smallest absolute Gasteiger partial charge is 0.318 e. The first kappa shape index (κ1) is 15.6. The van der Waals surface area contributed by atoms with Gasteiger partial charge in [0.15, 0.2) is 0 Å². The highest BCUT2D eigenvalue weighted by atomic mass is 32.2. The number of nitrogens with one attached hydrogen (secondary N) is 1. The van der Waals surface area contributed by atoms with E-state index in [4.69, 9.17) is 9.84 Å². The van der Waals surface area contributed by atoms with Gasteiger partial charge < -0.3 is 9.84 Å². The van der Waals surface area contributed by atoms with E-state index < -0.39 is 28.6 Å². The highest BCUT2D eigenvalue weighted by Gasteiger charge is 2.19. The summed E-state index contributed by atoms with van der Waals surface area (Å²) < 4.78 is 30.4. The molecule has 1 unspecified atom stereocenters. The van der Waals surface area contributed by atoms with Crippen LogP contribution in [-0.2, 0) is 26.0 Å². The number of carboxylic acids is 1. The summed E-state index contributed by atoms with van der Waals surface area (Å²) in [5, 5.41) is 8.45. The molecule has 0 spiro atoms. The fraction of sp³-hybridized carbons (Fsp3) is 0.417. The van der Waals surface area contributed by atoms with E-state index in [9.17, 15) is 13.2 Å². The minimum Gasteiger partial charge on any atom is -0.480 e. The van der Waals surface area contributed by atoms with E-state index in [1.807, 2.05) is 35.1 Å². The number of ether oxygens (including phenoxy) is 1. The van der Waals surface area contributed by atoms with Crippen molar-refractivity contribution < 1.29 is 23.1 Å². The standard InChI is InChI=1S/C12H17NO5S/c1-18-11(7-10-5-3-2-4-6-10)9-19(16,17)13-8-12(14)15/h2-6,11,13H,7-9H2,1H3,(H,14,15). The monoisotopic (exact) mass is 287 g/mol. The molecule has 0 aliphatic carbocycles. The maximum absolute atomic E-state index is 11.6. The lowest BCUT2D eigenvalue weighted by Gasteiger charge is -2.15. The summed E-state index contributed by atoms with van der Waals surface area (Å²) in [4.78, 5) is 10.3. The van der Waals surface area contributed by atoms with Crippen LogP contribution in [0.4, 0.5) is 0 Å². The lowest BCUT2D eigenvalue weighted by atomic mass is 10.1. The molecule has 0 saturated carbocycles. The molecule has 2 N–H and O–H groups in total. The number of hydrogen-bond acceptors (Lipinski definition) is 4. The Morgan fingerprint density at radius 1 is 1.37 bits per heavy atom. The van der Waals surface area contributed by atoms with Gasteiger partial charge in [-0.1, -0.05) is 30.3 Å². The number of carbonyl (C=O) groups is 1. The Morgan fingerprint density at radius 3 is 2.53 bits per heavy atom. The second-order valence-corrected chi connectivity index (χ2v) is 5.90. The van der Waals surface area contributed by atoms with Crippen molar-refractivity contribution in [1.29, 1.82) is 0 Å². The molecule has 0 fully saturated rings. The average Bonchev–Trinajstić information content (AvgIpc) is 2.37. The average molecular weight is 287 g/mol. The van der Waals surface area contributed by atoms with Crippen LogP contribution in [-0.4, -0.2) is 45.0 Å². The Labute approximate surface area is 112 Å². The summed E-state index contributed by atoms with van der Waals surface area (Å²) in [6.07, 6.45) is -0.0700. The van der Waals surface area contributed by atoms with Gasteiger partial charge >= 0.3 is 5.97 Å². The van der Waals surface area contributed by atoms with Crippen LogP contribution in [0.25, 0.3) is 0 Å². The first-order chi connectivity index (χ1) is 8.93. The Balaban J connectivity index is 2.59. The van der Waals surface area contributed by atoms with Crippen molar-refractivity contribution in [2.75, 3.05) is 19.4 Å². The molecule has 0 aliphatic heterocycles. The molecule has 106 valence electrons. The molecule has 0 amide bonds. The fourth-order valence-corrected chi connectivity index (χ4v) is 2.77. The van der Waals surface area contributed by atoms with Crippen molar-refractivity contribution in [3.63, 3.8) is 0 Å². The fourth-order valence-electron chi connectivity index (χ4n) is 1.56. The molecule has 0 heterocycles. The third-order valence-electron chi connectivity index (χ3n) is 2.49. The van der Waals surface area contributed by atoms with Gasteiger partial charge in [-0.3, -0.25) is 4.79 Å². The molecule has 1 atom stereocenters. The van der Waals surface area contributed by atoms with Gasteiger partial charge in [0.25, 0.3) is 0 Å². The number of sulfonamides is 1. The van der Waals surface area contributed by atoms with E-state index in [2.05, 4.69) is 0 Å². The Bertz CT molecular complexity index is 500. The van der Waals surface area contributed by atoms with E-state index >= 15 is 0 Å². The largest absolute Gasteiger partial charge is 0.480 e. The number of hydrogen-bond donors (Lipinski definition) is 2. The topological polar surface area (TPSA) is 92.7 Å². The third-order valence-corrected chi connectivity index (χ3v) is 3.88. The number of rotatable bonds is 8. The van der Waals surface area contributed by atoms with Gasteiger partial charge in [-0.15, -0.1) is 0 Å². The molecule has 0 aliphatic rings. The maximum atomic E-state index is 11.6. The van der Waals surface area contributed by atoms with Gasteiger partial charge in [0.2, 0.25) is 10.0 Å². The van der Waals surface area contributed by atoms with Crippen LogP contribution >= 0.6 is 0 Å². The Kier molecular flexibility index (Phi) is 5.94. The number of aliphatic carboxylic acids is 1. The molecule has 6 nitrogen and oxygen atoms in total. The molecule has 1 aromatic rings. The minimum atomic E-state index is -3.66. The molecule has 7 heteroatoms. The summed E-state index contributed by atoms with van der Waals surface area (Å²) in [5.74, 6) is -1.49. The molecule has 0 bridgehead atoms. The summed E-state index contributed by atoms with van der Waals surface area (Å²) in [7, 11) is -2.23. The van der Waals surface area contributed by atoms with Gasteiger partial charge in [0.05, 0.1) is 11.9 Å². The maximum Gasteiger partial charge on any atom is 0.318 e. The molecule has 19 heavy (non-hydrogen) atoms. The minimum absolute atomic E-state index is 0.272. The van der Waals surface area contributed by atoms with Gasteiger partial charge in [-0.05, 0) is 12.0 Å². The van der Waals surface area contributed by atoms with E-state index in [0.29, 0.717) is 6.42 Å². The van der Waals surface area contributed by atoms with Crippen molar-refractivity contribution in [3.8, 4) is 0 Å². The zero-order valence-electron chi connectivity index (χ0n) is 10.6.